The Bertz CT molecular complexity index is 925. The van der Waals surface area contributed by atoms with Crippen LogP contribution in [-0.4, -0.2) is 35.3 Å². The molecule has 1 aliphatic heterocycles. The highest BCUT2D eigenvalue weighted by Crippen LogP contribution is 2.29. The molecule has 0 radical (unpaired) electrons. The number of carbonyl (C=O) groups is 1. The van der Waals surface area contributed by atoms with Crippen LogP contribution in [0.25, 0.3) is 0 Å². The molecule has 0 unspecified atom stereocenters. The number of hydrogen-bond acceptors (Lipinski definition) is 3. The number of alkyl halides is 3. The third kappa shape index (κ3) is 6.19. The smallest absolute Gasteiger partial charge is 0.390 e. The van der Waals surface area contributed by atoms with Crippen molar-refractivity contribution in [2.45, 2.75) is 45.1 Å². The number of benzene rings is 2. The van der Waals surface area contributed by atoms with Crippen molar-refractivity contribution in [2.24, 2.45) is 5.16 Å². The summed E-state index contributed by atoms with van der Waals surface area (Å²) in [6, 6.07) is 10.1. The summed E-state index contributed by atoms with van der Waals surface area (Å²) in [6.07, 6.45) is -4.42. The molecule has 0 fully saturated rings. The molecule has 1 aliphatic rings. The Morgan fingerprint density at radius 1 is 1.16 bits per heavy atom. The van der Waals surface area contributed by atoms with E-state index < -0.39 is 17.8 Å². The molecule has 0 spiro atoms. The number of urea groups is 1. The molecule has 31 heavy (non-hydrogen) atoms. The second-order valence-electron chi connectivity index (χ2n) is 7.66. The van der Waals surface area contributed by atoms with Crippen molar-refractivity contribution >= 4 is 11.7 Å². The van der Waals surface area contributed by atoms with Crippen molar-refractivity contribution in [3.8, 4) is 0 Å². The van der Waals surface area contributed by atoms with Gasteiger partial charge in [0.05, 0.1) is 17.8 Å². The minimum atomic E-state index is -4.42. The van der Waals surface area contributed by atoms with E-state index in [9.17, 15) is 22.4 Å². The standard InChI is InChI=1S/C22H23F4N3O2/c1-14(2)27-21(30)29(12-15-3-7-17(8-4-15)22(24,25)26)13-19-11-20(28-31-19)16-5-9-18(23)10-6-16/h3-10,14,19H,11-13H2,1-2H3,(H,27,30)/t19-/m1/s1. The first kappa shape index (κ1) is 22.6. The van der Waals surface area contributed by atoms with Gasteiger partial charge in [0.25, 0.3) is 0 Å². The zero-order chi connectivity index (χ0) is 22.6. The molecule has 166 valence electrons. The van der Waals surface area contributed by atoms with E-state index in [1.165, 1.54) is 29.2 Å². The van der Waals surface area contributed by atoms with E-state index in [-0.39, 0.29) is 31.0 Å². The topological polar surface area (TPSA) is 53.9 Å². The molecule has 0 bridgehead atoms. The Labute approximate surface area is 177 Å². The molecule has 9 heteroatoms. The zero-order valence-electron chi connectivity index (χ0n) is 17.1. The van der Waals surface area contributed by atoms with Crippen molar-refractivity contribution in [3.63, 3.8) is 0 Å². The summed E-state index contributed by atoms with van der Waals surface area (Å²) in [6.45, 7) is 3.93. The number of carbonyl (C=O) groups excluding carboxylic acids is 1. The Kier molecular flexibility index (Phi) is 6.82. The Hall–Kier alpha value is -3.10. The molecule has 2 aromatic carbocycles. The van der Waals surface area contributed by atoms with Gasteiger partial charge in [0.2, 0.25) is 0 Å². The SMILES string of the molecule is CC(C)NC(=O)N(Cc1ccc(C(F)(F)F)cc1)C[C@H]1CC(c2ccc(F)cc2)=NO1. The molecular formula is C22H23F4N3O2. The fraction of sp³-hybridized carbons (Fsp3) is 0.364. The molecule has 2 aromatic rings. The van der Waals surface area contributed by atoms with E-state index in [4.69, 9.17) is 4.84 Å². The molecule has 1 atom stereocenters. The van der Waals surface area contributed by atoms with Crippen molar-refractivity contribution in [1.29, 1.82) is 0 Å². The Balaban J connectivity index is 1.68. The van der Waals surface area contributed by atoms with Crippen molar-refractivity contribution in [3.05, 3.63) is 71.0 Å². The van der Waals surface area contributed by atoms with Gasteiger partial charge in [0.15, 0.2) is 6.10 Å². The highest BCUT2D eigenvalue weighted by atomic mass is 19.4. The van der Waals surface area contributed by atoms with Crippen LogP contribution in [0.15, 0.2) is 53.7 Å². The van der Waals surface area contributed by atoms with Gasteiger partial charge in [-0.3, -0.25) is 0 Å². The monoisotopic (exact) mass is 437 g/mol. The molecule has 0 aromatic heterocycles. The lowest BCUT2D eigenvalue weighted by Crippen LogP contribution is -2.45. The van der Waals surface area contributed by atoms with Gasteiger partial charge in [-0.1, -0.05) is 29.4 Å². The van der Waals surface area contributed by atoms with Crippen molar-refractivity contribution in [2.75, 3.05) is 6.54 Å². The number of nitrogens with one attached hydrogen (secondary N) is 1. The average molecular weight is 437 g/mol. The molecule has 0 saturated carbocycles. The van der Waals surface area contributed by atoms with Crippen LogP contribution >= 0.6 is 0 Å². The molecule has 1 heterocycles. The minimum Gasteiger partial charge on any atom is -0.390 e. The van der Waals surface area contributed by atoms with Gasteiger partial charge in [-0.25, -0.2) is 9.18 Å². The van der Waals surface area contributed by atoms with Crippen LogP contribution in [0.1, 0.15) is 37.0 Å². The molecular weight excluding hydrogens is 414 g/mol. The van der Waals surface area contributed by atoms with E-state index >= 15 is 0 Å². The Morgan fingerprint density at radius 3 is 2.39 bits per heavy atom. The average Bonchev–Trinajstić information content (AvgIpc) is 3.16. The third-order valence-corrected chi connectivity index (χ3v) is 4.69. The summed E-state index contributed by atoms with van der Waals surface area (Å²) in [5.74, 6) is -0.354. The number of halogens is 4. The van der Waals surface area contributed by atoms with Crippen LogP contribution in [0.4, 0.5) is 22.4 Å². The predicted molar refractivity (Wildman–Crippen MR) is 108 cm³/mol. The molecule has 5 nitrogen and oxygen atoms in total. The first-order valence-electron chi connectivity index (χ1n) is 9.82. The number of nitrogens with zero attached hydrogens (tertiary/aromatic N) is 2. The minimum absolute atomic E-state index is 0.113. The van der Waals surface area contributed by atoms with E-state index in [2.05, 4.69) is 10.5 Å². The van der Waals surface area contributed by atoms with Gasteiger partial charge in [-0.2, -0.15) is 13.2 Å². The number of rotatable bonds is 6. The summed E-state index contributed by atoms with van der Waals surface area (Å²) < 4.78 is 51.5. The first-order chi connectivity index (χ1) is 14.6. The highest BCUT2D eigenvalue weighted by molar-refractivity contribution is 6.01. The van der Waals surface area contributed by atoms with Gasteiger partial charge < -0.3 is 15.1 Å². The number of hydrogen-bond donors (Lipinski definition) is 1. The van der Waals surface area contributed by atoms with Crippen LogP contribution in [0.5, 0.6) is 0 Å². The molecule has 1 N–H and O–H groups in total. The maximum Gasteiger partial charge on any atom is 0.416 e. The van der Waals surface area contributed by atoms with Crippen LogP contribution in [-0.2, 0) is 17.6 Å². The molecule has 3 rings (SSSR count). The first-order valence-corrected chi connectivity index (χ1v) is 9.82. The summed E-state index contributed by atoms with van der Waals surface area (Å²) in [7, 11) is 0. The van der Waals surface area contributed by atoms with Gasteiger partial charge in [0, 0.05) is 19.0 Å². The zero-order valence-corrected chi connectivity index (χ0v) is 17.1. The van der Waals surface area contributed by atoms with Gasteiger partial charge >= 0.3 is 12.2 Å². The van der Waals surface area contributed by atoms with E-state index in [1.807, 2.05) is 13.8 Å². The second kappa shape index (κ2) is 9.36. The lowest BCUT2D eigenvalue weighted by atomic mass is 10.0. The second-order valence-corrected chi connectivity index (χ2v) is 7.66. The summed E-state index contributed by atoms with van der Waals surface area (Å²) in [5.41, 5.74) is 1.18. The van der Waals surface area contributed by atoms with E-state index in [1.54, 1.807) is 12.1 Å². The van der Waals surface area contributed by atoms with Crippen molar-refractivity contribution in [1.82, 2.24) is 10.2 Å². The van der Waals surface area contributed by atoms with Crippen LogP contribution in [0.3, 0.4) is 0 Å². The van der Waals surface area contributed by atoms with Gasteiger partial charge in [-0.15, -0.1) is 0 Å². The molecule has 2 amide bonds. The van der Waals surface area contributed by atoms with E-state index in [0.717, 1.165) is 17.7 Å². The lowest BCUT2D eigenvalue weighted by Gasteiger charge is -2.26. The lowest BCUT2D eigenvalue weighted by molar-refractivity contribution is -0.137. The maximum atomic E-state index is 13.1. The highest BCUT2D eigenvalue weighted by Gasteiger charge is 2.30. The number of amides is 2. The maximum absolute atomic E-state index is 13.1. The quantitative estimate of drug-likeness (QED) is 0.650. The normalized spacial score (nSPS) is 16.1. The van der Waals surface area contributed by atoms with E-state index in [0.29, 0.717) is 17.7 Å². The summed E-state index contributed by atoms with van der Waals surface area (Å²) in [4.78, 5) is 19.6. The third-order valence-electron chi connectivity index (χ3n) is 4.69. The fourth-order valence-corrected chi connectivity index (χ4v) is 3.16. The summed E-state index contributed by atoms with van der Waals surface area (Å²) in [5, 5.41) is 6.84. The Morgan fingerprint density at radius 2 is 1.81 bits per heavy atom. The largest absolute Gasteiger partial charge is 0.416 e. The van der Waals surface area contributed by atoms with Crippen molar-refractivity contribution < 1.29 is 27.2 Å². The van der Waals surface area contributed by atoms with Gasteiger partial charge in [0.1, 0.15) is 5.82 Å². The van der Waals surface area contributed by atoms with Crippen LogP contribution < -0.4 is 5.32 Å². The predicted octanol–water partition coefficient (Wildman–Crippen LogP) is 4.96. The molecule has 0 saturated heterocycles. The fourth-order valence-electron chi connectivity index (χ4n) is 3.16. The van der Waals surface area contributed by atoms with Crippen LogP contribution in [0.2, 0.25) is 0 Å². The van der Waals surface area contributed by atoms with Crippen LogP contribution in [0, 0.1) is 5.82 Å². The summed E-state index contributed by atoms with van der Waals surface area (Å²) >= 11 is 0. The molecule has 0 aliphatic carbocycles. The van der Waals surface area contributed by atoms with Gasteiger partial charge in [-0.05, 0) is 49.2 Å². The number of oxime groups is 1.